The van der Waals surface area contributed by atoms with E-state index in [0.717, 1.165) is 37.2 Å². The molecule has 2 N–H and O–H groups in total. The smallest absolute Gasteiger partial charge is 0.267 e. The molecule has 4 nitrogen and oxygen atoms in total. The lowest BCUT2D eigenvalue weighted by Gasteiger charge is -2.27. The minimum atomic E-state index is -0.0232. The molecule has 0 unspecified atom stereocenters. The second-order valence-electron chi connectivity index (χ2n) is 4.79. The number of hydrogen-bond acceptors (Lipinski definition) is 3. The molecule has 1 heterocycles. The summed E-state index contributed by atoms with van der Waals surface area (Å²) < 4.78 is 0. The molecule has 1 saturated heterocycles. The van der Waals surface area contributed by atoms with Crippen molar-refractivity contribution in [1.29, 1.82) is 0 Å². The Morgan fingerprint density at radius 1 is 1.22 bits per heavy atom. The Kier molecular flexibility index (Phi) is 4.20. The van der Waals surface area contributed by atoms with Crippen LogP contribution in [0.1, 0.15) is 35.2 Å². The zero-order chi connectivity index (χ0) is 13.0. The number of piperidine rings is 1. The van der Waals surface area contributed by atoms with Crippen LogP contribution in [0.25, 0.3) is 0 Å². The highest BCUT2D eigenvalue weighted by atomic mass is 16.2. The monoisotopic (exact) mass is 247 g/mol. The summed E-state index contributed by atoms with van der Waals surface area (Å²) in [6, 6.07) is 5.87. The number of amides is 1. The van der Waals surface area contributed by atoms with E-state index in [4.69, 9.17) is 0 Å². The lowest BCUT2D eigenvalue weighted by molar-refractivity contribution is 0.0751. The van der Waals surface area contributed by atoms with Gasteiger partial charge in [-0.3, -0.25) is 10.2 Å². The summed E-state index contributed by atoms with van der Waals surface area (Å²) in [4.78, 5) is 12.3. The Labute approximate surface area is 108 Å². The minimum Gasteiger partial charge on any atom is -0.387 e. The van der Waals surface area contributed by atoms with Gasteiger partial charge >= 0.3 is 0 Å². The molecule has 1 fully saturated rings. The van der Waals surface area contributed by atoms with E-state index in [-0.39, 0.29) is 5.91 Å². The van der Waals surface area contributed by atoms with Crippen molar-refractivity contribution < 1.29 is 4.79 Å². The molecule has 0 aliphatic carbocycles. The number of nitrogens with one attached hydrogen (secondary N) is 2. The topological polar surface area (TPSA) is 44.4 Å². The first-order valence-corrected chi connectivity index (χ1v) is 6.55. The van der Waals surface area contributed by atoms with E-state index in [2.05, 4.69) is 10.7 Å². The van der Waals surface area contributed by atoms with Gasteiger partial charge < -0.3 is 5.32 Å². The molecule has 1 aromatic rings. The summed E-state index contributed by atoms with van der Waals surface area (Å²) in [6.07, 6.45) is 3.58. The van der Waals surface area contributed by atoms with Crippen LogP contribution < -0.4 is 10.7 Å². The second-order valence-corrected chi connectivity index (χ2v) is 4.79. The number of carbonyl (C=O) groups excluding carboxylic acids is 1. The third kappa shape index (κ3) is 3.01. The Balaban J connectivity index is 2.09. The SMILES string of the molecule is CNc1ccc(C)cc1C(=O)NN1CCCCC1. The van der Waals surface area contributed by atoms with Crippen LogP contribution in [-0.2, 0) is 0 Å². The van der Waals surface area contributed by atoms with E-state index in [1.165, 1.54) is 6.42 Å². The lowest BCUT2D eigenvalue weighted by atomic mass is 10.1. The van der Waals surface area contributed by atoms with Gasteiger partial charge in [0, 0.05) is 25.8 Å². The van der Waals surface area contributed by atoms with Gasteiger partial charge in [0.2, 0.25) is 0 Å². The minimum absolute atomic E-state index is 0.0232. The molecule has 98 valence electrons. The number of benzene rings is 1. The number of hydrazine groups is 1. The molecule has 0 radical (unpaired) electrons. The molecule has 0 saturated carbocycles. The fourth-order valence-corrected chi connectivity index (χ4v) is 2.27. The molecule has 2 rings (SSSR count). The first-order valence-electron chi connectivity index (χ1n) is 6.55. The third-order valence-corrected chi connectivity index (χ3v) is 3.30. The predicted molar refractivity (Wildman–Crippen MR) is 73.6 cm³/mol. The van der Waals surface area contributed by atoms with Gasteiger partial charge in [0.15, 0.2) is 0 Å². The van der Waals surface area contributed by atoms with Crippen molar-refractivity contribution in [3.8, 4) is 0 Å². The molecule has 0 aromatic heterocycles. The fourth-order valence-electron chi connectivity index (χ4n) is 2.27. The largest absolute Gasteiger partial charge is 0.387 e. The summed E-state index contributed by atoms with van der Waals surface area (Å²) in [5.74, 6) is -0.0232. The molecule has 0 bridgehead atoms. The van der Waals surface area contributed by atoms with Crippen LogP contribution in [0.2, 0.25) is 0 Å². The van der Waals surface area contributed by atoms with Crippen LogP contribution in [-0.4, -0.2) is 31.1 Å². The predicted octanol–water partition coefficient (Wildman–Crippen LogP) is 2.17. The maximum atomic E-state index is 12.3. The Hall–Kier alpha value is -1.55. The molecular weight excluding hydrogens is 226 g/mol. The zero-order valence-electron chi connectivity index (χ0n) is 11.1. The van der Waals surface area contributed by atoms with Gasteiger partial charge in [-0.15, -0.1) is 0 Å². The maximum absolute atomic E-state index is 12.3. The quantitative estimate of drug-likeness (QED) is 0.860. The van der Waals surface area contributed by atoms with Crippen molar-refractivity contribution in [3.05, 3.63) is 29.3 Å². The first-order chi connectivity index (χ1) is 8.70. The summed E-state index contributed by atoms with van der Waals surface area (Å²) in [7, 11) is 1.84. The van der Waals surface area contributed by atoms with Crippen molar-refractivity contribution in [2.75, 3.05) is 25.5 Å². The van der Waals surface area contributed by atoms with Crippen molar-refractivity contribution in [3.63, 3.8) is 0 Å². The zero-order valence-corrected chi connectivity index (χ0v) is 11.1. The van der Waals surface area contributed by atoms with Gasteiger partial charge in [0.1, 0.15) is 0 Å². The number of anilines is 1. The van der Waals surface area contributed by atoms with Crippen LogP contribution in [0.5, 0.6) is 0 Å². The number of hydrogen-bond donors (Lipinski definition) is 2. The van der Waals surface area contributed by atoms with Crippen molar-refractivity contribution in [2.24, 2.45) is 0 Å². The maximum Gasteiger partial charge on any atom is 0.267 e. The highest BCUT2D eigenvalue weighted by molar-refractivity contribution is 5.99. The summed E-state index contributed by atoms with van der Waals surface area (Å²) in [5, 5.41) is 5.08. The van der Waals surface area contributed by atoms with Gasteiger partial charge in [0.05, 0.1) is 5.56 Å². The van der Waals surface area contributed by atoms with E-state index in [1.54, 1.807) is 0 Å². The molecule has 1 amide bonds. The standard InChI is InChI=1S/C14H21N3O/c1-11-6-7-13(15-2)12(10-11)14(18)16-17-8-4-3-5-9-17/h6-7,10,15H,3-5,8-9H2,1-2H3,(H,16,18). The van der Waals surface area contributed by atoms with Crippen molar-refractivity contribution >= 4 is 11.6 Å². The molecule has 0 atom stereocenters. The normalized spacial score (nSPS) is 16.3. The fraction of sp³-hybridized carbons (Fsp3) is 0.500. The van der Waals surface area contributed by atoms with Crippen LogP contribution >= 0.6 is 0 Å². The molecule has 1 aliphatic rings. The second kappa shape index (κ2) is 5.87. The molecule has 1 aromatic carbocycles. The van der Waals surface area contributed by atoms with Crippen molar-refractivity contribution in [1.82, 2.24) is 10.4 Å². The third-order valence-electron chi connectivity index (χ3n) is 3.30. The van der Waals surface area contributed by atoms with Gasteiger partial charge in [-0.1, -0.05) is 18.1 Å². The average molecular weight is 247 g/mol. The lowest BCUT2D eigenvalue weighted by Crippen LogP contribution is -2.45. The molecule has 18 heavy (non-hydrogen) atoms. The number of nitrogens with zero attached hydrogens (tertiary/aromatic N) is 1. The van der Waals surface area contributed by atoms with Gasteiger partial charge in [-0.25, -0.2) is 5.01 Å². The van der Waals surface area contributed by atoms with Crippen LogP contribution in [0.15, 0.2) is 18.2 Å². The Morgan fingerprint density at radius 3 is 2.61 bits per heavy atom. The summed E-state index contributed by atoms with van der Waals surface area (Å²) in [6.45, 7) is 3.90. The Morgan fingerprint density at radius 2 is 1.94 bits per heavy atom. The first kappa shape index (κ1) is 12.9. The Bertz CT molecular complexity index is 425. The number of rotatable bonds is 3. The molecular formula is C14H21N3O. The average Bonchev–Trinajstić information content (AvgIpc) is 2.40. The van der Waals surface area contributed by atoms with Crippen LogP contribution in [0.4, 0.5) is 5.69 Å². The highest BCUT2D eigenvalue weighted by Gasteiger charge is 2.16. The van der Waals surface area contributed by atoms with Crippen molar-refractivity contribution in [2.45, 2.75) is 26.2 Å². The summed E-state index contributed by atoms with van der Waals surface area (Å²) >= 11 is 0. The van der Waals surface area contributed by atoms with E-state index < -0.39 is 0 Å². The van der Waals surface area contributed by atoms with E-state index in [0.29, 0.717) is 5.56 Å². The van der Waals surface area contributed by atoms with E-state index in [1.807, 2.05) is 37.2 Å². The summed E-state index contributed by atoms with van der Waals surface area (Å²) in [5.41, 5.74) is 5.67. The van der Waals surface area contributed by atoms with Gasteiger partial charge in [-0.2, -0.15) is 0 Å². The number of carbonyl (C=O) groups is 1. The van der Waals surface area contributed by atoms with E-state index >= 15 is 0 Å². The van der Waals surface area contributed by atoms with Gasteiger partial charge in [0.25, 0.3) is 5.91 Å². The molecule has 4 heteroatoms. The highest BCUT2D eigenvalue weighted by Crippen LogP contribution is 2.17. The van der Waals surface area contributed by atoms with E-state index in [9.17, 15) is 4.79 Å². The van der Waals surface area contributed by atoms with Crippen LogP contribution in [0, 0.1) is 6.92 Å². The molecule has 0 spiro atoms. The molecule has 1 aliphatic heterocycles. The van der Waals surface area contributed by atoms with Crippen LogP contribution in [0.3, 0.4) is 0 Å². The van der Waals surface area contributed by atoms with Gasteiger partial charge in [-0.05, 0) is 31.9 Å². The number of aryl methyl sites for hydroxylation is 1.